The Morgan fingerprint density at radius 1 is 1.04 bits per heavy atom. The number of para-hydroxylation sites is 1. The van der Waals surface area contributed by atoms with Crippen LogP contribution in [0.2, 0.25) is 0 Å². The van der Waals surface area contributed by atoms with Gasteiger partial charge >= 0.3 is 0 Å². The molecule has 0 fully saturated rings. The van der Waals surface area contributed by atoms with E-state index in [1.54, 1.807) is 29.3 Å². The minimum absolute atomic E-state index is 0.0336. The zero-order valence-electron chi connectivity index (χ0n) is 13.1. The topological polar surface area (TPSA) is 84.7 Å². The van der Waals surface area contributed by atoms with Crippen LogP contribution in [-0.4, -0.2) is 32.2 Å². The van der Waals surface area contributed by atoms with Gasteiger partial charge in [0.05, 0.1) is 5.69 Å². The fourth-order valence-corrected chi connectivity index (χ4v) is 2.26. The Morgan fingerprint density at radius 2 is 1.88 bits per heavy atom. The second-order valence-electron chi connectivity index (χ2n) is 5.11. The molecule has 7 heteroatoms. The minimum Gasteiger partial charge on any atom is -0.354 e. The second kappa shape index (κ2) is 7.87. The van der Waals surface area contributed by atoms with Crippen molar-refractivity contribution in [2.24, 2.45) is 0 Å². The van der Waals surface area contributed by atoms with E-state index in [2.05, 4.69) is 25.7 Å². The Labute approximate surface area is 139 Å². The van der Waals surface area contributed by atoms with Gasteiger partial charge in [0.1, 0.15) is 0 Å². The number of benzene rings is 1. The van der Waals surface area contributed by atoms with E-state index >= 15 is 0 Å². The number of amides is 1. The molecule has 122 valence electrons. The molecule has 1 amide bonds. The molecule has 0 radical (unpaired) electrons. The second-order valence-corrected chi connectivity index (χ2v) is 5.11. The molecule has 2 heterocycles. The van der Waals surface area contributed by atoms with Crippen LogP contribution in [0, 0.1) is 0 Å². The van der Waals surface area contributed by atoms with E-state index in [9.17, 15) is 4.79 Å². The molecule has 3 rings (SSSR count). The zero-order valence-corrected chi connectivity index (χ0v) is 13.1. The number of aromatic nitrogens is 4. The van der Waals surface area contributed by atoms with E-state index in [1.165, 1.54) is 0 Å². The molecule has 0 bridgehead atoms. The molecule has 0 aliphatic rings. The highest BCUT2D eigenvalue weighted by Gasteiger charge is 2.06. The number of nitrogens with one attached hydrogen (secondary N) is 2. The van der Waals surface area contributed by atoms with Crippen LogP contribution in [0.1, 0.15) is 12.0 Å². The molecule has 2 N–H and O–H groups in total. The number of hydrogen-bond donors (Lipinski definition) is 2. The standard InChI is InChI=1S/C17H18N6O/c24-16(7-11-20-17-18-8-3-9-19-17)21-13-14-5-1-2-6-15(14)23-12-4-10-22-23/h1-6,8-10,12H,7,11,13H2,(H,21,24)(H,18,19,20). The Bertz CT molecular complexity index is 773. The van der Waals surface area contributed by atoms with Gasteiger partial charge in [-0.1, -0.05) is 18.2 Å². The maximum Gasteiger partial charge on any atom is 0.222 e. The molecule has 24 heavy (non-hydrogen) atoms. The molecule has 3 aromatic rings. The van der Waals surface area contributed by atoms with Crippen LogP contribution in [0.25, 0.3) is 5.69 Å². The smallest absolute Gasteiger partial charge is 0.222 e. The monoisotopic (exact) mass is 322 g/mol. The first kappa shape index (κ1) is 15.7. The molecular formula is C17H18N6O. The summed E-state index contributed by atoms with van der Waals surface area (Å²) >= 11 is 0. The summed E-state index contributed by atoms with van der Waals surface area (Å²) in [5.74, 6) is 0.489. The maximum atomic E-state index is 12.0. The quantitative estimate of drug-likeness (QED) is 0.692. The molecular weight excluding hydrogens is 304 g/mol. The molecule has 1 aromatic carbocycles. The van der Waals surface area contributed by atoms with Gasteiger partial charge in [-0.25, -0.2) is 14.6 Å². The van der Waals surface area contributed by atoms with Gasteiger partial charge in [0.2, 0.25) is 11.9 Å². The van der Waals surface area contributed by atoms with Gasteiger partial charge < -0.3 is 10.6 Å². The third-order valence-electron chi connectivity index (χ3n) is 3.42. The fraction of sp³-hybridized carbons (Fsp3) is 0.176. The van der Waals surface area contributed by atoms with Crippen LogP contribution in [0.5, 0.6) is 0 Å². The van der Waals surface area contributed by atoms with Crippen LogP contribution in [0.15, 0.2) is 61.2 Å². The van der Waals surface area contributed by atoms with Crippen LogP contribution in [0.3, 0.4) is 0 Å². The summed E-state index contributed by atoms with van der Waals surface area (Å²) in [5, 5.41) is 10.2. The lowest BCUT2D eigenvalue weighted by atomic mass is 10.1. The molecule has 0 saturated carbocycles. The van der Waals surface area contributed by atoms with E-state index in [0.717, 1.165) is 11.3 Å². The predicted molar refractivity (Wildman–Crippen MR) is 90.5 cm³/mol. The van der Waals surface area contributed by atoms with Crippen LogP contribution in [-0.2, 0) is 11.3 Å². The highest BCUT2D eigenvalue weighted by atomic mass is 16.1. The van der Waals surface area contributed by atoms with Crippen molar-refractivity contribution in [2.75, 3.05) is 11.9 Å². The average Bonchev–Trinajstić information content (AvgIpc) is 3.16. The summed E-state index contributed by atoms with van der Waals surface area (Å²) in [7, 11) is 0. The van der Waals surface area contributed by atoms with Gasteiger partial charge in [0.25, 0.3) is 0 Å². The van der Waals surface area contributed by atoms with Gasteiger partial charge in [-0.05, 0) is 23.8 Å². The van der Waals surface area contributed by atoms with Crippen molar-refractivity contribution >= 4 is 11.9 Å². The SMILES string of the molecule is O=C(CCNc1ncccn1)NCc1ccccc1-n1cccn1. The number of anilines is 1. The van der Waals surface area contributed by atoms with Gasteiger partial charge in [0, 0.05) is 44.3 Å². The van der Waals surface area contributed by atoms with E-state index in [0.29, 0.717) is 25.5 Å². The van der Waals surface area contributed by atoms with Crippen LogP contribution < -0.4 is 10.6 Å². The fourth-order valence-electron chi connectivity index (χ4n) is 2.26. The van der Waals surface area contributed by atoms with Crippen molar-refractivity contribution < 1.29 is 4.79 Å². The Hall–Kier alpha value is -3.22. The van der Waals surface area contributed by atoms with Crippen molar-refractivity contribution in [1.82, 2.24) is 25.1 Å². The first-order valence-corrected chi connectivity index (χ1v) is 7.68. The van der Waals surface area contributed by atoms with E-state index in [4.69, 9.17) is 0 Å². The molecule has 0 aliphatic carbocycles. The normalized spacial score (nSPS) is 10.3. The van der Waals surface area contributed by atoms with E-state index < -0.39 is 0 Å². The summed E-state index contributed by atoms with van der Waals surface area (Å²) in [6, 6.07) is 11.5. The van der Waals surface area contributed by atoms with Crippen LogP contribution >= 0.6 is 0 Å². The first-order chi connectivity index (χ1) is 11.8. The third-order valence-corrected chi connectivity index (χ3v) is 3.42. The lowest BCUT2D eigenvalue weighted by molar-refractivity contribution is -0.121. The minimum atomic E-state index is -0.0336. The molecule has 0 unspecified atom stereocenters. The maximum absolute atomic E-state index is 12.0. The Morgan fingerprint density at radius 3 is 2.67 bits per heavy atom. The highest BCUT2D eigenvalue weighted by molar-refractivity contribution is 5.76. The molecule has 0 atom stereocenters. The number of nitrogens with zero attached hydrogens (tertiary/aromatic N) is 4. The number of rotatable bonds is 7. The first-order valence-electron chi connectivity index (χ1n) is 7.68. The molecule has 7 nitrogen and oxygen atoms in total. The lowest BCUT2D eigenvalue weighted by Gasteiger charge is -2.11. The predicted octanol–water partition coefficient (Wildman–Crippen LogP) is 1.78. The van der Waals surface area contributed by atoms with Crippen molar-refractivity contribution in [3.05, 3.63) is 66.7 Å². The molecule has 2 aromatic heterocycles. The summed E-state index contributed by atoms with van der Waals surface area (Å²) in [5.41, 5.74) is 1.97. The Kier molecular flexibility index (Phi) is 5.14. The van der Waals surface area contributed by atoms with Gasteiger partial charge in [-0.2, -0.15) is 5.10 Å². The zero-order chi connectivity index (χ0) is 16.6. The average molecular weight is 322 g/mol. The number of hydrogen-bond acceptors (Lipinski definition) is 5. The number of carbonyl (C=O) groups is 1. The van der Waals surface area contributed by atoms with Gasteiger partial charge in [-0.15, -0.1) is 0 Å². The summed E-state index contributed by atoms with van der Waals surface area (Å²) in [6.45, 7) is 0.938. The number of carbonyl (C=O) groups excluding carboxylic acids is 1. The van der Waals surface area contributed by atoms with Crippen molar-refractivity contribution in [3.8, 4) is 5.69 Å². The van der Waals surface area contributed by atoms with Gasteiger partial charge in [-0.3, -0.25) is 4.79 Å². The van der Waals surface area contributed by atoms with Gasteiger partial charge in [0.15, 0.2) is 0 Å². The summed E-state index contributed by atoms with van der Waals surface area (Å²) in [4.78, 5) is 20.1. The summed E-state index contributed by atoms with van der Waals surface area (Å²) in [6.07, 6.45) is 7.27. The van der Waals surface area contributed by atoms with Crippen molar-refractivity contribution in [3.63, 3.8) is 0 Å². The summed E-state index contributed by atoms with van der Waals surface area (Å²) < 4.78 is 1.79. The largest absolute Gasteiger partial charge is 0.354 e. The van der Waals surface area contributed by atoms with Crippen molar-refractivity contribution in [2.45, 2.75) is 13.0 Å². The molecule has 0 saturated heterocycles. The van der Waals surface area contributed by atoms with E-state index in [1.807, 2.05) is 36.5 Å². The van der Waals surface area contributed by atoms with Crippen LogP contribution in [0.4, 0.5) is 5.95 Å². The lowest BCUT2D eigenvalue weighted by Crippen LogP contribution is -2.25. The van der Waals surface area contributed by atoms with Crippen molar-refractivity contribution in [1.29, 1.82) is 0 Å². The molecule has 0 spiro atoms. The highest BCUT2D eigenvalue weighted by Crippen LogP contribution is 2.13. The Balaban J connectivity index is 1.50. The molecule has 0 aliphatic heterocycles. The van der Waals surface area contributed by atoms with E-state index in [-0.39, 0.29) is 5.91 Å². The third kappa shape index (κ3) is 4.16.